The molecular formula is C30H34FN5O2P2. The Hall–Kier alpha value is -3.08. The first-order chi connectivity index (χ1) is 19.2. The molecule has 2 aromatic carbocycles. The van der Waals surface area contributed by atoms with E-state index in [2.05, 4.69) is 40.8 Å². The number of hydrogen-bond donors (Lipinski definition) is 0. The molecule has 3 unspecified atom stereocenters. The fraction of sp³-hybridized carbons (Fsp3) is 0.367. The lowest BCUT2D eigenvalue weighted by Gasteiger charge is -2.36. The van der Waals surface area contributed by atoms with Crippen LogP contribution >= 0.6 is 18.5 Å². The van der Waals surface area contributed by atoms with E-state index in [9.17, 15) is 9.18 Å². The number of anilines is 2. The van der Waals surface area contributed by atoms with Crippen molar-refractivity contribution in [2.24, 2.45) is 0 Å². The van der Waals surface area contributed by atoms with E-state index in [1.807, 2.05) is 53.1 Å². The predicted octanol–water partition coefficient (Wildman–Crippen LogP) is 5.89. The highest BCUT2D eigenvalue weighted by atomic mass is 31.0. The molecule has 4 aromatic rings. The Labute approximate surface area is 238 Å². The summed E-state index contributed by atoms with van der Waals surface area (Å²) in [5.74, 6) is 0.860. The SMILES string of the molecule is Cc1ccc2c(C3CCN(C(=O)N(C)c4c(-c5ccccc5P)ccnc4N4CCC(F)(P)C4)CC3)noc2c1. The zero-order valence-electron chi connectivity index (χ0n) is 22.8. The summed E-state index contributed by atoms with van der Waals surface area (Å²) in [5, 5.41) is 5.09. The molecule has 10 heteroatoms. The van der Waals surface area contributed by atoms with Crippen LogP contribution in [-0.4, -0.2) is 59.7 Å². The molecule has 4 heterocycles. The smallest absolute Gasteiger partial charge is 0.324 e. The largest absolute Gasteiger partial charge is 0.356 e. The molecule has 0 spiro atoms. The van der Waals surface area contributed by atoms with Gasteiger partial charge in [-0.2, -0.15) is 0 Å². The number of likely N-dealkylation sites (tertiary alicyclic amines) is 1. The third-order valence-corrected chi connectivity index (χ3v) is 9.11. The number of hydrogen-bond acceptors (Lipinski definition) is 5. The third kappa shape index (κ3) is 5.08. The van der Waals surface area contributed by atoms with Crippen LogP contribution < -0.4 is 15.1 Å². The Morgan fingerprint density at radius 1 is 1.12 bits per heavy atom. The standard InChI is InChI=1S/C30H34FN5O2P2/c1-19-7-8-23-24(17-19)38-33-26(23)20-10-14-35(15-11-20)29(37)34(2)27-22(21-5-3-4-6-25(21)39)9-13-32-28(27)36-16-12-30(31,40)18-36/h3-9,13,17,20H,10-12,14-16,18,39-40H2,1-2H3. The Kier molecular flexibility index (Phi) is 7.27. The summed E-state index contributed by atoms with van der Waals surface area (Å²) >= 11 is 0. The van der Waals surface area contributed by atoms with Crippen molar-refractivity contribution in [1.82, 2.24) is 15.0 Å². The van der Waals surface area contributed by atoms with Crippen LogP contribution in [0.25, 0.3) is 22.1 Å². The minimum absolute atomic E-state index is 0.0904. The summed E-state index contributed by atoms with van der Waals surface area (Å²) in [5.41, 5.74) is 5.51. The number of amides is 2. The second-order valence-electron chi connectivity index (χ2n) is 11.0. The minimum atomic E-state index is -1.37. The molecule has 2 aliphatic heterocycles. The molecular weight excluding hydrogens is 543 g/mol. The van der Waals surface area contributed by atoms with Crippen LogP contribution in [0.2, 0.25) is 0 Å². The molecule has 2 fully saturated rings. The fourth-order valence-corrected chi connectivity index (χ4v) is 6.66. The van der Waals surface area contributed by atoms with Crippen molar-refractivity contribution in [3.05, 3.63) is 66.0 Å². The lowest BCUT2D eigenvalue weighted by atomic mass is 9.91. The summed E-state index contributed by atoms with van der Waals surface area (Å²) in [7, 11) is 6.91. The van der Waals surface area contributed by atoms with E-state index in [1.165, 1.54) is 0 Å². The number of halogens is 1. The van der Waals surface area contributed by atoms with Crippen LogP contribution in [0.3, 0.4) is 0 Å². The number of carbonyl (C=O) groups is 1. The topological polar surface area (TPSA) is 65.7 Å². The average molecular weight is 578 g/mol. The van der Waals surface area contributed by atoms with Crippen LogP contribution in [0.15, 0.2) is 59.3 Å². The van der Waals surface area contributed by atoms with Gasteiger partial charge in [0.15, 0.2) is 11.4 Å². The first kappa shape index (κ1) is 27.1. The second kappa shape index (κ2) is 10.7. The van der Waals surface area contributed by atoms with Gasteiger partial charge in [0.1, 0.15) is 5.41 Å². The highest BCUT2D eigenvalue weighted by Gasteiger charge is 2.37. The molecule has 0 radical (unpaired) electrons. The monoisotopic (exact) mass is 577 g/mol. The lowest BCUT2D eigenvalue weighted by Crippen LogP contribution is -2.45. The molecule has 0 bridgehead atoms. The number of alkyl halides is 1. The van der Waals surface area contributed by atoms with Crippen LogP contribution in [0.4, 0.5) is 20.7 Å². The number of nitrogens with zero attached hydrogens (tertiary/aromatic N) is 5. The first-order valence-electron chi connectivity index (χ1n) is 13.7. The summed E-state index contributed by atoms with van der Waals surface area (Å²) in [6.07, 6.45) is 3.75. The molecule has 2 aliphatic rings. The number of piperidine rings is 1. The summed E-state index contributed by atoms with van der Waals surface area (Å²) in [6, 6.07) is 16.1. The highest BCUT2D eigenvalue weighted by Crippen LogP contribution is 2.42. The van der Waals surface area contributed by atoms with Crippen molar-refractivity contribution in [3.63, 3.8) is 0 Å². The van der Waals surface area contributed by atoms with Gasteiger partial charge in [-0.25, -0.2) is 14.2 Å². The van der Waals surface area contributed by atoms with Crippen molar-refractivity contribution in [1.29, 1.82) is 0 Å². The van der Waals surface area contributed by atoms with Gasteiger partial charge in [-0.05, 0) is 54.4 Å². The molecule has 40 heavy (non-hydrogen) atoms. The number of urea groups is 1. The van der Waals surface area contributed by atoms with Crippen molar-refractivity contribution >= 4 is 52.3 Å². The third-order valence-electron chi connectivity index (χ3n) is 8.14. The Morgan fingerprint density at radius 3 is 2.62 bits per heavy atom. The molecule has 2 amide bonds. The number of pyridine rings is 1. The van der Waals surface area contributed by atoms with Gasteiger partial charge < -0.3 is 14.3 Å². The van der Waals surface area contributed by atoms with E-state index in [1.54, 1.807) is 18.1 Å². The normalized spacial score (nSPS) is 19.9. The molecule has 2 aromatic heterocycles. The van der Waals surface area contributed by atoms with Crippen molar-refractivity contribution in [2.45, 2.75) is 37.5 Å². The number of aryl methyl sites for hydroxylation is 1. The number of carbonyl (C=O) groups excluding carboxylic acids is 1. The highest BCUT2D eigenvalue weighted by molar-refractivity contribution is 7.28. The molecule has 7 nitrogen and oxygen atoms in total. The van der Waals surface area contributed by atoms with Crippen molar-refractivity contribution < 1.29 is 13.7 Å². The molecule has 0 N–H and O–H groups in total. The Morgan fingerprint density at radius 2 is 1.90 bits per heavy atom. The van der Waals surface area contributed by atoms with E-state index in [-0.39, 0.29) is 18.5 Å². The van der Waals surface area contributed by atoms with Gasteiger partial charge in [0.05, 0.1) is 17.9 Å². The second-order valence-corrected chi connectivity index (χ2v) is 12.7. The first-order valence-corrected chi connectivity index (χ1v) is 14.8. The van der Waals surface area contributed by atoms with E-state index < -0.39 is 5.41 Å². The number of rotatable bonds is 4. The van der Waals surface area contributed by atoms with E-state index in [0.29, 0.717) is 37.6 Å². The van der Waals surface area contributed by atoms with Crippen LogP contribution in [0.5, 0.6) is 0 Å². The maximum atomic E-state index is 14.9. The van der Waals surface area contributed by atoms with Crippen LogP contribution in [0, 0.1) is 6.92 Å². The Bertz CT molecular complexity index is 1570. The average Bonchev–Trinajstić information content (AvgIpc) is 3.54. The zero-order valence-corrected chi connectivity index (χ0v) is 25.1. The number of aromatic nitrogens is 2. The maximum Gasteiger partial charge on any atom is 0.324 e. The van der Waals surface area contributed by atoms with Gasteiger partial charge in [0.25, 0.3) is 0 Å². The Balaban J connectivity index is 1.28. The van der Waals surface area contributed by atoms with E-state index in [0.717, 1.165) is 51.5 Å². The lowest BCUT2D eigenvalue weighted by molar-refractivity contribution is 0.188. The summed E-state index contributed by atoms with van der Waals surface area (Å²) in [6.45, 7) is 4.01. The molecule has 0 aliphatic carbocycles. The summed E-state index contributed by atoms with van der Waals surface area (Å²) < 4.78 is 20.5. The minimum Gasteiger partial charge on any atom is -0.356 e. The maximum absolute atomic E-state index is 14.9. The van der Waals surface area contributed by atoms with Crippen molar-refractivity contribution in [2.75, 3.05) is 43.0 Å². The molecule has 0 saturated carbocycles. The quantitative estimate of drug-likeness (QED) is 0.283. The molecule has 3 atom stereocenters. The molecule has 208 valence electrons. The van der Waals surface area contributed by atoms with Gasteiger partial charge in [-0.1, -0.05) is 44.7 Å². The van der Waals surface area contributed by atoms with Gasteiger partial charge in [-0.3, -0.25) is 4.90 Å². The predicted molar refractivity (Wildman–Crippen MR) is 165 cm³/mol. The summed E-state index contributed by atoms with van der Waals surface area (Å²) in [4.78, 5) is 24.2. The van der Waals surface area contributed by atoms with E-state index >= 15 is 0 Å². The fourth-order valence-electron chi connectivity index (χ4n) is 5.95. The van der Waals surface area contributed by atoms with Gasteiger partial charge in [0.2, 0.25) is 0 Å². The van der Waals surface area contributed by atoms with E-state index in [4.69, 9.17) is 4.52 Å². The van der Waals surface area contributed by atoms with Gasteiger partial charge in [-0.15, -0.1) is 9.24 Å². The van der Waals surface area contributed by atoms with Gasteiger partial charge >= 0.3 is 6.03 Å². The van der Waals surface area contributed by atoms with Gasteiger partial charge in [0, 0.05) is 56.2 Å². The molecule has 6 rings (SSSR count). The number of benzene rings is 2. The van der Waals surface area contributed by atoms with Crippen LogP contribution in [0.1, 0.15) is 36.4 Å². The van der Waals surface area contributed by atoms with Crippen LogP contribution in [-0.2, 0) is 0 Å². The molecule has 2 saturated heterocycles. The number of fused-ring (bicyclic) bond motifs is 1. The zero-order chi connectivity index (χ0) is 28.0. The van der Waals surface area contributed by atoms with Crippen molar-refractivity contribution in [3.8, 4) is 11.1 Å².